The molecule has 0 heterocycles. The number of hydrogen-bond donors (Lipinski definition) is 2. The van der Waals surface area contributed by atoms with E-state index in [1.165, 1.54) is 5.56 Å². The molecule has 0 spiro atoms. The Morgan fingerprint density at radius 3 is 2.31 bits per heavy atom. The Morgan fingerprint density at radius 1 is 0.938 bits per heavy atom. The van der Waals surface area contributed by atoms with Crippen LogP contribution in [0.15, 0.2) is 46.9 Å². The van der Waals surface area contributed by atoms with Crippen LogP contribution in [-0.4, -0.2) is 0 Å². The second-order valence-electron chi connectivity index (χ2n) is 3.69. The van der Waals surface area contributed by atoms with Crippen LogP contribution in [-0.2, 0) is 6.42 Å². The molecule has 0 unspecified atom stereocenters. The second kappa shape index (κ2) is 4.58. The average molecular weight is 277 g/mol. The molecular weight excluding hydrogens is 264 g/mol. The Morgan fingerprint density at radius 2 is 1.62 bits per heavy atom. The summed E-state index contributed by atoms with van der Waals surface area (Å²) < 4.78 is 1.00. The molecule has 0 saturated carbocycles. The molecule has 0 atom stereocenters. The highest BCUT2D eigenvalue weighted by Crippen LogP contribution is 2.29. The lowest BCUT2D eigenvalue weighted by Gasteiger charge is -2.10. The third-order valence-corrected chi connectivity index (χ3v) is 3.30. The number of benzene rings is 2. The van der Waals surface area contributed by atoms with Gasteiger partial charge in [-0.25, -0.2) is 0 Å². The molecule has 4 N–H and O–H groups in total. The topological polar surface area (TPSA) is 52.0 Å². The SMILES string of the molecule is Nc1ccc(Br)c(Cc2ccccc2)c1N. The predicted octanol–water partition coefficient (Wildman–Crippen LogP) is 3.20. The highest BCUT2D eigenvalue weighted by Gasteiger charge is 2.07. The Kier molecular flexibility index (Phi) is 3.15. The first-order valence-electron chi connectivity index (χ1n) is 5.04. The first-order chi connectivity index (χ1) is 7.68. The minimum atomic E-state index is 0.633. The van der Waals surface area contributed by atoms with E-state index in [1.807, 2.05) is 30.3 Å². The van der Waals surface area contributed by atoms with Crippen LogP contribution in [0.1, 0.15) is 11.1 Å². The fourth-order valence-electron chi connectivity index (χ4n) is 1.64. The van der Waals surface area contributed by atoms with E-state index in [9.17, 15) is 0 Å². The van der Waals surface area contributed by atoms with Crippen LogP contribution in [0.5, 0.6) is 0 Å². The van der Waals surface area contributed by atoms with Crippen LogP contribution in [0, 0.1) is 0 Å². The lowest BCUT2D eigenvalue weighted by atomic mass is 10.0. The van der Waals surface area contributed by atoms with E-state index < -0.39 is 0 Å². The minimum absolute atomic E-state index is 0.633. The number of nitrogen functional groups attached to an aromatic ring is 2. The number of halogens is 1. The van der Waals surface area contributed by atoms with E-state index in [1.54, 1.807) is 0 Å². The van der Waals surface area contributed by atoms with Crippen LogP contribution in [0.3, 0.4) is 0 Å². The van der Waals surface area contributed by atoms with Crippen molar-refractivity contribution in [2.45, 2.75) is 6.42 Å². The van der Waals surface area contributed by atoms with Crippen molar-refractivity contribution in [3.05, 3.63) is 58.1 Å². The van der Waals surface area contributed by atoms with Crippen molar-refractivity contribution in [2.75, 3.05) is 11.5 Å². The molecule has 82 valence electrons. The van der Waals surface area contributed by atoms with Crippen molar-refractivity contribution < 1.29 is 0 Å². The van der Waals surface area contributed by atoms with Gasteiger partial charge in [0, 0.05) is 10.9 Å². The maximum Gasteiger partial charge on any atom is 0.0595 e. The normalized spacial score (nSPS) is 10.3. The number of anilines is 2. The molecule has 0 bridgehead atoms. The molecule has 0 fully saturated rings. The highest BCUT2D eigenvalue weighted by atomic mass is 79.9. The van der Waals surface area contributed by atoms with Crippen molar-refractivity contribution in [3.8, 4) is 0 Å². The van der Waals surface area contributed by atoms with Gasteiger partial charge in [0.1, 0.15) is 0 Å². The summed E-state index contributed by atoms with van der Waals surface area (Å²) in [5, 5.41) is 0. The predicted molar refractivity (Wildman–Crippen MR) is 72.2 cm³/mol. The summed E-state index contributed by atoms with van der Waals surface area (Å²) in [6, 6.07) is 13.9. The first kappa shape index (κ1) is 11.0. The summed E-state index contributed by atoms with van der Waals surface area (Å²) in [5.74, 6) is 0. The summed E-state index contributed by atoms with van der Waals surface area (Å²) in [4.78, 5) is 0. The lowest BCUT2D eigenvalue weighted by molar-refractivity contribution is 1.18. The zero-order valence-electron chi connectivity index (χ0n) is 8.78. The lowest BCUT2D eigenvalue weighted by Crippen LogP contribution is -2.01. The van der Waals surface area contributed by atoms with E-state index in [0.717, 1.165) is 16.5 Å². The Bertz CT molecular complexity index is 495. The van der Waals surface area contributed by atoms with E-state index in [4.69, 9.17) is 11.5 Å². The summed E-state index contributed by atoms with van der Waals surface area (Å²) in [6.45, 7) is 0. The molecule has 0 amide bonds. The van der Waals surface area contributed by atoms with Gasteiger partial charge in [-0.3, -0.25) is 0 Å². The van der Waals surface area contributed by atoms with Crippen LogP contribution < -0.4 is 11.5 Å². The van der Waals surface area contributed by atoms with Gasteiger partial charge in [0.05, 0.1) is 11.4 Å². The average Bonchev–Trinajstić information content (AvgIpc) is 2.31. The van der Waals surface area contributed by atoms with E-state index >= 15 is 0 Å². The number of rotatable bonds is 2. The fraction of sp³-hybridized carbons (Fsp3) is 0.0769. The van der Waals surface area contributed by atoms with Gasteiger partial charge in [0.25, 0.3) is 0 Å². The third kappa shape index (κ3) is 2.19. The molecule has 0 aliphatic rings. The van der Waals surface area contributed by atoms with Gasteiger partial charge in [-0.05, 0) is 23.3 Å². The van der Waals surface area contributed by atoms with Crippen LogP contribution in [0.25, 0.3) is 0 Å². The van der Waals surface area contributed by atoms with Gasteiger partial charge in [-0.1, -0.05) is 46.3 Å². The fourth-order valence-corrected chi connectivity index (χ4v) is 2.12. The Hall–Kier alpha value is -1.48. The van der Waals surface area contributed by atoms with Gasteiger partial charge in [-0.15, -0.1) is 0 Å². The van der Waals surface area contributed by atoms with Crippen molar-refractivity contribution in [1.82, 2.24) is 0 Å². The van der Waals surface area contributed by atoms with E-state index in [0.29, 0.717) is 11.4 Å². The summed E-state index contributed by atoms with van der Waals surface area (Å²) in [6.07, 6.45) is 0.790. The Labute approximate surface area is 103 Å². The molecule has 3 heteroatoms. The maximum absolute atomic E-state index is 5.98. The van der Waals surface area contributed by atoms with Crippen molar-refractivity contribution >= 4 is 27.3 Å². The maximum atomic E-state index is 5.98. The summed E-state index contributed by atoms with van der Waals surface area (Å²) in [7, 11) is 0. The van der Waals surface area contributed by atoms with Crippen molar-refractivity contribution in [1.29, 1.82) is 0 Å². The molecule has 2 rings (SSSR count). The second-order valence-corrected chi connectivity index (χ2v) is 4.55. The molecule has 2 nitrogen and oxygen atoms in total. The number of hydrogen-bond acceptors (Lipinski definition) is 2. The smallest absolute Gasteiger partial charge is 0.0595 e. The van der Waals surface area contributed by atoms with Gasteiger partial charge < -0.3 is 11.5 Å². The van der Waals surface area contributed by atoms with E-state index in [2.05, 4.69) is 28.1 Å². The number of nitrogens with two attached hydrogens (primary N) is 2. The molecular formula is C13H13BrN2. The molecule has 2 aromatic rings. The first-order valence-corrected chi connectivity index (χ1v) is 5.84. The van der Waals surface area contributed by atoms with Gasteiger partial charge in [0.2, 0.25) is 0 Å². The largest absolute Gasteiger partial charge is 0.397 e. The van der Waals surface area contributed by atoms with Gasteiger partial charge in [0.15, 0.2) is 0 Å². The van der Waals surface area contributed by atoms with Crippen LogP contribution in [0.2, 0.25) is 0 Å². The molecule has 2 aromatic carbocycles. The van der Waals surface area contributed by atoms with Gasteiger partial charge in [-0.2, -0.15) is 0 Å². The third-order valence-electron chi connectivity index (χ3n) is 2.56. The molecule has 0 aliphatic carbocycles. The summed E-state index contributed by atoms with van der Waals surface area (Å²) >= 11 is 3.50. The van der Waals surface area contributed by atoms with Crippen molar-refractivity contribution in [3.63, 3.8) is 0 Å². The molecule has 0 saturated heterocycles. The monoisotopic (exact) mass is 276 g/mol. The van der Waals surface area contributed by atoms with E-state index in [-0.39, 0.29) is 0 Å². The van der Waals surface area contributed by atoms with Crippen LogP contribution >= 0.6 is 15.9 Å². The molecule has 0 radical (unpaired) electrons. The zero-order valence-corrected chi connectivity index (χ0v) is 10.4. The quantitative estimate of drug-likeness (QED) is 0.828. The summed E-state index contributed by atoms with van der Waals surface area (Å²) in [5.41, 5.74) is 15.3. The molecule has 0 aliphatic heterocycles. The van der Waals surface area contributed by atoms with Crippen LogP contribution in [0.4, 0.5) is 11.4 Å². The van der Waals surface area contributed by atoms with Crippen molar-refractivity contribution in [2.24, 2.45) is 0 Å². The standard InChI is InChI=1S/C13H13BrN2/c14-11-6-7-12(15)13(16)10(11)8-9-4-2-1-3-5-9/h1-7H,8,15-16H2. The molecule has 16 heavy (non-hydrogen) atoms. The minimum Gasteiger partial charge on any atom is -0.397 e. The van der Waals surface area contributed by atoms with Gasteiger partial charge >= 0.3 is 0 Å². The highest BCUT2D eigenvalue weighted by molar-refractivity contribution is 9.10. The molecule has 0 aromatic heterocycles. The Balaban J connectivity index is 2.38. The zero-order chi connectivity index (χ0) is 11.5.